The van der Waals surface area contributed by atoms with Crippen LogP contribution in [0.4, 0.5) is 0 Å². The van der Waals surface area contributed by atoms with Gasteiger partial charge in [-0.3, -0.25) is 9.69 Å². The lowest BCUT2D eigenvalue weighted by molar-refractivity contribution is -0.133. The molecule has 0 saturated carbocycles. The van der Waals surface area contributed by atoms with E-state index < -0.39 is 0 Å². The third-order valence-electron chi connectivity index (χ3n) is 5.81. The number of hydrogen-bond acceptors (Lipinski definition) is 6. The minimum Gasteiger partial charge on any atom is -0.493 e. The highest BCUT2D eigenvalue weighted by molar-refractivity contribution is 5.76. The van der Waals surface area contributed by atoms with E-state index in [0.717, 1.165) is 49.8 Å². The molecule has 0 bridgehead atoms. The Morgan fingerprint density at radius 2 is 1.58 bits per heavy atom. The molecule has 2 heterocycles. The number of amides is 1. The van der Waals surface area contributed by atoms with Crippen molar-refractivity contribution in [3.63, 3.8) is 0 Å². The van der Waals surface area contributed by atoms with Crippen LogP contribution < -0.4 is 18.9 Å². The van der Waals surface area contributed by atoms with E-state index in [-0.39, 0.29) is 5.91 Å². The predicted molar refractivity (Wildman–Crippen MR) is 117 cm³/mol. The number of methoxy groups -OCH3 is 2. The monoisotopic (exact) mass is 426 g/mol. The predicted octanol–water partition coefficient (Wildman–Crippen LogP) is 2.75. The summed E-state index contributed by atoms with van der Waals surface area (Å²) in [5, 5.41) is 0. The van der Waals surface area contributed by atoms with Crippen molar-refractivity contribution in [2.75, 3.05) is 53.6 Å². The first-order valence-corrected chi connectivity index (χ1v) is 10.8. The van der Waals surface area contributed by atoms with Crippen LogP contribution in [0, 0.1) is 0 Å². The van der Waals surface area contributed by atoms with Crippen LogP contribution in [0.3, 0.4) is 0 Å². The van der Waals surface area contributed by atoms with Crippen molar-refractivity contribution in [1.29, 1.82) is 0 Å². The van der Waals surface area contributed by atoms with Gasteiger partial charge in [-0.05, 0) is 41.8 Å². The maximum atomic E-state index is 12.7. The Hall–Kier alpha value is -2.93. The molecule has 0 N–H and O–H groups in total. The van der Waals surface area contributed by atoms with Crippen molar-refractivity contribution in [3.8, 4) is 23.0 Å². The number of aryl methyl sites for hydroxylation is 1. The van der Waals surface area contributed by atoms with Gasteiger partial charge in [0, 0.05) is 39.1 Å². The second-order valence-corrected chi connectivity index (χ2v) is 7.82. The molecule has 31 heavy (non-hydrogen) atoms. The van der Waals surface area contributed by atoms with Crippen LogP contribution in [-0.2, 0) is 17.8 Å². The number of nitrogens with zero attached hydrogens (tertiary/aromatic N) is 2. The molecule has 1 saturated heterocycles. The summed E-state index contributed by atoms with van der Waals surface area (Å²) >= 11 is 0. The third-order valence-corrected chi connectivity index (χ3v) is 5.81. The number of benzene rings is 2. The Labute approximate surface area is 183 Å². The molecular weight excluding hydrogens is 396 g/mol. The number of hydrogen-bond donors (Lipinski definition) is 0. The van der Waals surface area contributed by atoms with Crippen LogP contribution in [0.25, 0.3) is 0 Å². The summed E-state index contributed by atoms with van der Waals surface area (Å²) in [5.41, 5.74) is 2.28. The minimum absolute atomic E-state index is 0.203. The smallest absolute Gasteiger partial charge is 0.222 e. The normalized spacial score (nSPS) is 16.1. The maximum Gasteiger partial charge on any atom is 0.222 e. The van der Waals surface area contributed by atoms with Crippen molar-refractivity contribution in [3.05, 3.63) is 47.5 Å². The average molecular weight is 427 g/mol. The lowest BCUT2D eigenvalue weighted by atomic mass is 10.1. The van der Waals surface area contributed by atoms with Gasteiger partial charge in [0.25, 0.3) is 0 Å². The molecule has 2 aromatic rings. The fourth-order valence-corrected chi connectivity index (χ4v) is 4.05. The van der Waals surface area contributed by atoms with Crippen LogP contribution in [0.2, 0.25) is 0 Å². The van der Waals surface area contributed by atoms with Crippen molar-refractivity contribution < 1.29 is 23.7 Å². The van der Waals surface area contributed by atoms with Gasteiger partial charge in [-0.2, -0.15) is 0 Å². The number of rotatable bonds is 7. The minimum atomic E-state index is 0.203. The highest BCUT2D eigenvalue weighted by Gasteiger charge is 2.22. The number of fused-ring (bicyclic) bond motifs is 1. The second kappa shape index (κ2) is 9.92. The fraction of sp³-hybridized carbons (Fsp3) is 0.458. The van der Waals surface area contributed by atoms with Crippen molar-refractivity contribution >= 4 is 5.91 Å². The Balaban J connectivity index is 1.24. The molecule has 2 aliphatic rings. The summed E-state index contributed by atoms with van der Waals surface area (Å²) in [4.78, 5) is 17.0. The largest absolute Gasteiger partial charge is 0.493 e. The molecule has 7 nitrogen and oxygen atoms in total. The van der Waals surface area contributed by atoms with E-state index in [1.165, 1.54) is 5.56 Å². The summed E-state index contributed by atoms with van der Waals surface area (Å²) in [6.45, 7) is 5.32. The lowest BCUT2D eigenvalue weighted by Crippen LogP contribution is -2.48. The van der Waals surface area contributed by atoms with Crippen LogP contribution >= 0.6 is 0 Å². The summed E-state index contributed by atoms with van der Waals surface area (Å²) in [6, 6.07) is 12.0. The Morgan fingerprint density at radius 1 is 0.871 bits per heavy atom. The first-order chi connectivity index (χ1) is 15.2. The SMILES string of the molecule is COc1ccc(CCC(=O)N2CCN(Cc3ccc4c(c3)OCCO4)CC2)cc1OC. The number of carbonyl (C=O) groups excluding carboxylic acids is 1. The summed E-state index contributed by atoms with van der Waals surface area (Å²) in [7, 11) is 3.24. The zero-order chi connectivity index (χ0) is 21.6. The van der Waals surface area contributed by atoms with Gasteiger partial charge in [0.1, 0.15) is 13.2 Å². The fourth-order valence-electron chi connectivity index (χ4n) is 4.05. The summed E-state index contributed by atoms with van der Waals surface area (Å²) in [6.07, 6.45) is 1.19. The summed E-state index contributed by atoms with van der Waals surface area (Å²) in [5.74, 6) is 3.24. The Kier molecular flexibility index (Phi) is 6.82. The third kappa shape index (κ3) is 5.22. The van der Waals surface area contributed by atoms with Crippen LogP contribution in [0.5, 0.6) is 23.0 Å². The molecule has 0 atom stereocenters. The molecule has 0 unspecified atom stereocenters. The van der Waals surface area contributed by atoms with Gasteiger partial charge in [-0.25, -0.2) is 0 Å². The zero-order valence-corrected chi connectivity index (χ0v) is 18.3. The van der Waals surface area contributed by atoms with E-state index in [0.29, 0.717) is 37.6 Å². The van der Waals surface area contributed by atoms with Gasteiger partial charge in [-0.15, -0.1) is 0 Å². The Morgan fingerprint density at radius 3 is 2.32 bits per heavy atom. The molecular formula is C24H30N2O5. The highest BCUT2D eigenvalue weighted by atomic mass is 16.6. The molecule has 0 spiro atoms. The van der Waals surface area contributed by atoms with Gasteiger partial charge in [0.05, 0.1) is 14.2 Å². The van der Waals surface area contributed by atoms with E-state index in [9.17, 15) is 4.79 Å². The molecule has 1 amide bonds. The van der Waals surface area contributed by atoms with E-state index in [1.54, 1.807) is 14.2 Å². The molecule has 0 aliphatic carbocycles. The molecule has 2 aliphatic heterocycles. The maximum absolute atomic E-state index is 12.7. The molecule has 1 fully saturated rings. The lowest BCUT2D eigenvalue weighted by Gasteiger charge is -2.35. The second-order valence-electron chi connectivity index (χ2n) is 7.82. The Bertz CT molecular complexity index is 909. The van der Waals surface area contributed by atoms with E-state index in [1.807, 2.05) is 29.2 Å². The van der Waals surface area contributed by atoms with Crippen molar-refractivity contribution in [2.24, 2.45) is 0 Å². The van der Waals surface area contributed by atoms with E-state index >= 15 is 0 Å². The average Bonchev–Trinajstić information content (AvgIpc) is 2.82. The van der Waals surface area contributed by atoms with Gasteiger partial charge in [-0.1, -0.05) is 12.1 Å². The molecule has 2 aromatic carbocycles. The topological polar surface area (TPSA) is 60.5 Å². The number of piperazine rings is 1. The first-order valence-electron chi connectivity index (χ1n) is 10.8. The molecule has 4 rings (SSSR count). The highest BCUT2D eigenvalue weighted by Crippen LogP contribution is 2.31. The van der Waals surface area contributed by atoms with Gasteiger partial charge >= 0.3 is 0 Å². The van der Waals surface area contributed by atoms with E-state index in [4.69, 9.17) is 18.9 Å². The van der Waals surface area contributed by atoms with Crippen molar-refractivity contribution in [1.82, 2.24) is 9.80 Å². The van der Waals surface area contributed by atoms with E-state index in [2.05, 4.69) is 17.0 Å². The van der Waals surface area contributed by atoms with Gasteiger partial charge < -0.3 is 23.8 Å². The number of ether oxygens (including phenoxy) is 4. The summed E-state index contributed by atoms with van der Waals surface area (Å²) < 4.78 is 21.9. The first kappa shape index (κ1) is 21.3. The number of carbonyl (C=O) groups is 1. The van der Waals surface area contributed by atoms with Crippen LogP contribution in [-0.4, -0.2) is 69.3 Å². The van der Waals surface area contributed by atoms with Crippen LogP contribution in [0.1, 0.15) is 17.5 Å². The van der Waals surface area contributed by atoms with Crippen LogP contribution in [0.15, 0.2) is 36.4 Å². The van der Waals surface area contributed by atoms with Crippen molar-refractivity contribution in [2.45, 2.75) is 19.4 Å². The molecule has 0 radical (unpaired) electrons. The standard InChI is InChI=1S/C24H30N2O5/c1-28-20-6-3-18(15-22(20)29-2)5-8-24(27)26-11-9-25(10-12-26)17-19-4-7-21-23(16-19)31-14-13-30-21/h3-4,6-7,15-16H,5,8-14,17H2,1-2H3. The van der Waals surface area contributed by atoms with Gasteiger partial charge in [0.15, 0.2) is 23.0 Å². The molecule has 0 aromatic heterocycles. The van der Waals surface area contributed by atoms with Gasteiger partial charge in [0.2, 0.25) is 5.91 Å². The molecule has 166 valence electrons. The molecule has 7 heteroatoms. The zero-order valence-electron chi connectivity index (χ0n) is 18.3. The quantitative estimate of drug-likeness (QED) is 0.679.